The van der Waals surface area contributed by atoms with E-state index in [0.717, 1.165) is 27.4 Å². The van der Waals surface area contributed by atoms with Crippen LogP contribution in [0.4, 0.5) is 0 Å². The third-order valence-corrected chi connectivity index (χ3v) is 6.27. The minimum atomic E-state index is -3.39. The lowest BCUT2D eigenvalue weighted by atomic mass is 10.1. The molecule has 0 saturated carbocycles. The van der Waals surface area contributed by atoms with E-state index in [9.17, 15) is 13.5 Å². The molecule has 7 heteroatoms. The Morgan fingerprint density at radius 2 is 2.14 bits per heavy atom. The number of aliphatic hydroxyl groups is 1. The van der Waals surface area contributed by atoms with Crippen LogP contribution >= 0.6 is 22.9 Å². The number of hydrogen-bond donors (Lipinski definition) is 1. The molecule has 0 bridgehead atoms. The molecule has 1 N–H and O–H groups in total. The minimum Gasteiger partial charge on any atom is -0.396 e. The topological polar surface area (TPSA) is 67.3 Å². The van der Waals surface area contributed by atoms with Crippen molar-refractivity contribution >= 4 is 32.8 Å². The molecular weight excluding hydrogens is 342 g/mol. The predicted molar refractivity (Wildman–Crippen MR) is 90.2 cm³/mol. The van der Waals surface area contributed by atoms with E-state index in [1.54, 1.807) is 18.2 Å². The van der Waals surface area contributed by atoms with Crippen LogP contribution in [-0.2, 0) is 9.84 Å². The lowest BCUT2D eigenvalue weighted by Gasteiger charge is -2.06. The Kier molecular flexibility index (Phi) is 5.27. The van der Waals surface area contributed by atoms with E-state index in [1.165, 1.54) is 11.3 Å². The lowest BCUT2D eigenvalue weighted by Crippen LogP contribution is -2.01. The summed E-state index contributed by atoms with van der Waals surface area (Å²) in [6, 6.07) is 4.93. The number of aliphatic hydroxyl groups excluding tert-OH is 1. The zero-order valence-electron chi connectivity index (χ0n) is 12.3. The van der Waals surface area contributed by atoms with Gasteiger partial charge in [0.25, 0.3) is 0 Å². The van der Waals surface area contributed by atoms with Gasteiger partial charge in [0.15, 0.2) is 9.84 Å². The summed E-state index contributed by atoms with van der Waals surface area (Å²) in [6.07, 6.45) is 1.69. The van der Waals surface area contributed by atoms with Gasteiger partial charge in [0, 0.05) is 12.2 Å². The molecule has 0 spiro atoms. The second-order valence-electron chi connectivity index (χ2n) is 5.05. The number of rotatable bonds is 5. The number of nitrogens with zero attached hydrogens (tertiary/aromatic N) is 1. The molecule has 0 aliphatic carbocycles. The number of aryl methyl sites for hydroxylation is 1. The summed E-state index contributed by atoms with van der Waals surface area (Å²) in [5, 5.41) is 10.4. The Balaban J connectivity index is 2.54. The highest BCUT2D eigenvalue weighted by atomic mass is 35.5. The van der Waals surface area contributed by atoms with Crippen molar-refractivity contribution in [2.75, 3.05) is 12.9 Å². The first-order valence-corrected chi connectivity index (χ1v) is 9.74. The summed E-state index contributed by atoms with van der Waals surface area (Å²) < 4.78 is 23.6. The first-order chi connectivity index (χ1) is 10.3. The van der Waals surface area contributed by atoms with Crippen LogP contribution in [0.25, 0.3) is 10.4 Å². The second-order valence-corrected chi connectivity index (χ2v) is 8.47. The van der Waals surface area contributed by atoms with Gasteiger partial charge in [-0.2, -0.15) is 0 Å². The van der Waals surface area contributed by atoms with E-state index in [4.69, 9.17) is 11.6 Å². The van der Waals surface area contributed by atoms with E-state index >= 15 is 0 Å². The standard InChI is InChI=1S/C15H17ClNO3S2/c1-4-10(8-18)15-17-9(2)14(21-15)11-5-6-12(16)13(7-11)22(3,19)20/h5-7,10,18H,1,4,8H2,2-3H3/t10-/m0/s1. The molecule has 2 aromatic rings. The van der Waals surface area contributed by atoms with E-state index in [0.29, 0.717) is 6.42 Å². The third-order valence-electron chi connectivity index (χ3n) is 3.32. The SMILES string of the molecule is [CH2]C[C@@H](CO)c1nc(C)c(-c2ccc(Cl)c(S(C)(=O)=O)c2)s1. The predicted octanol–water partition coefficient (Wildman–Crippen LogP) is 3.48. The first kappa shape index (κ1) is 17.4. The van der Waals surface area contributed by atoms with Gasteiger partial charge >= 0.3 is 0 Å². The number of halogens is 1. The highest BCUT2D eigenvalue weighted by molar-refractivity contribution is 7.90. The molecule has 0 fully saturated rings. The largest absolute Gasteiger partial charge is 0.396 e. The van der Waals surface area contributed by atoms with Crippen molar-refractivity contribution in [3.8, 4) is 10.4 Å². The van der Waals surface area contributed by atoms with Crippen LogP contribution in [0.3, 0.4) is 0 Å². The van der Waals surface area contributed by atoms with Crippen LogP contribution in [0.15, 0.2) is 23.1 Å². The zero-order chi connectivity index (χ0) is 16.5. The molecule has 0 aliphatic rings. The van der Waals surface area contributed by atoms with Crippen molar-refractivity contribution in [1.29, 1.82) is 0 Å². The van der Waals surface area contributed by atoms with Gasteiger partial charge in [-0.3, -0.25) is 0 Å². The van der Waals surface area contributed by atoms with Gasteiger partial charge in [-0.05, 0) is 31.0 Å². The number of sulfone groups is 1. The summed E-state index contributed by atoms with van der Waals surface area (Å²) in [7, 11) is -3.39. The van der Waals surface area contributed by atoms with Crippen LogP contribution in [0.2, 0.25) is 5.02 Å². The van der Waals surface area contributed by atoms with E-state index < -0.39 is 9.84 Å². The van der Waals surface area contributed by atoms with Crippen molar-refractivity contribution in [2.24, 2.45) is 0 Å². The zero-order valence-corrected chi connectivity index (χ0v) is 14.7. The number of benzene rings is 1. The molecular formula is C15H17ClNO3S2. The van der Waals surface area contributed by atoms with Crippen molar-refractivity contribution in [2.45, 2.75) is 24.2 Å². The average molecular weight is 359 g/mol. The van der Waals surface area contributed by atoms with Crippen LogP contribution in [0.1, 0.15) is 23.0 Å². The smallest absolute Gasteiger partial charge is 0.177 e. The van der Waals surface area contributed by atoms with Gasteiger partial charge in [-0.1, -0.05) is 24.6 Å². The molecule has 119 valence electrons. The molecule has 1 atom stereocenters. The first-order valence-electron chi connectivity index (χ1n) is 6.65. The average Bonchev–Trinajstić information content (AvgIpc) is 2.81. The van der Waals surface area contributed by atoms with Crippen molar-refractivity contribution in [3.05, 3.63) is 40.8 Å². The third kappa shape index (κ3) is 3.51. The van der Waals surface area contributed by atoms with Crippen LogP contribution in [-0.4, -0.2) is 31.4 Å². The van der Waals surface area contributed by atoms with Gasteiger partial charge in [0.05, 0.1) is 32.1 Å². The van der Waals surface area contributed by atoms with Crippen LogP contribution < -0.4 is 0 Å². The maximum atomic E-state index is 11.8. The van der Waals surface area contributed by atoms with Crippen LogP contribution in [0, 0.1) is 13.8 Å². The number of aromatic nitrogens is 1. The van der Waals surface area contributed by atoms with Crippen molar-refractivity contribution in [1.82, 2.24) is 4.98 Å². The highest BCUT2D eigenvalue weighted by Gasteiger charge is 2.19. The fourth-order valence-electron chi connectivity index (χ4n) is 2.08. The minimum absolute atomic E-state index is 0.00883. The lowest BCUT2D eigenvalue weighted by molar-refractivity contribution is 0.265. The molecule has 1 aromatic carbocycles. The Morgan fingerprint density at radius 3 is 2.68 bits per heavy atom. The van der Waals surface area contributed by atoms with Crippen LogP contribution in [0.5, 0.6) is 0 Å². The Labute approximate surface area is 139 Å². The van der Waals surface area contributed by atoms with Crippen molar-refractivity contribution in [3.63, 3.8) is 0 Å². The van der Waals surface area contributed by atoms with Gasteiger partial charge in [0.2, 0.25) is 0 Å². The van der Waals surface area contributed by atoms with Gasteiger partial charge < -0.3 is 5.11 Å². The maximum absolute atomic E-state index is 11.8. The summed E-state index contributed by atoms with van der Waals surface area (Å²) in [5.41, 5.74) is 1.56. The van der Waals surface area contributed by atoms with E-state index in [-0.39, 0.29) is 22.4 Å². The number of thiazole rings is 1. The molecule has 0 aliphatic heterocycles. The quantitative estimate of drug-likeness (QED) is 0.888. The summed E-state index contributed by atoms with van der Waals surface area (Å²) in [5.74, 6) is -0.0980. The number of hydrogen-bond acceptors (Lipinski definition) is 5. The Bertz CT molecular complexity index is 780. The normalized spacial score (nSPS) is 13.3. The molecule has 0 unspecified atom stereocenters. The van der Waals surface area contributed by atoms with Gasteiger partial charge in [-0.15, -0.1) is 11.3 Å². The van der Waals surface area contributed by atoms with E-state index in [2.05, 4.69) is 11.9 Å². The molecule has 1 radical (unpaired) electrons. The Morgan fingerprint density at radius 1 is 1.45 bits per heavy atom. The summed E-state index contributed by atoms with van der Waals surface area (Å²) in [6.45, 7) is 5.67. The van der Waals surface area contributed by atoms with Gasteiger partial charge in [-0.25, -0.2) is 13.4 Å². The van der Waals surface area contributed by atoms with E-state index in [1.807, 2.05) is 6.92 Å². The summed E-state index contributed by atoms with van der Waals surface area (Å²) in [4.78, 5) is 5.47. The summed E-state index contributed by atoms with van der Waals surface area (Å²) >= 11 is 7.42. The molecule has 0 saturated heterocycles. The molecule has 2 rings (SSSR count). The maximum Gasteiger partial charge on any atom is 0.177 e. The molecule has 0 amide bonds. The monoisotopic (exact) mass is 358 g/mol. The molecule has 1 aromatic heterocycles. The molecule has 22 heavy (non-hydrogen) atoms. The molecule has 4 nitrogen and oxygen atoms in total. The highest BCUT2D eigenvalue weighted by Crippen LogP contribution is 2.36. The molecule has 1 heterocycles. The fraction of sp³-hybridized carbons (Fsp3) is 0.333. The second kappa shape index (κ2) is 6.66. The van der Waals surface area contributed by atoms with Gasteiger partial charge in [0.1, 0.15) is 0 Å². The fourth-order valence-corrected chi connectivity index (χ4v) is 4.57. The Hall–Kier alpha value is -0.950. The van der Waals surface area contributed by atoms with Crippen molar-refractivity contribution < 1.29 is 13.5 Å².